The first-order valence-corrected chi connectivity index (χ1v) is 7.55. The van der Waals surface area contributed by atoms with Gasteiger partial charge >= 0.3 is 0 Å². The molecule has 122 valence electrons. The van der Waals surface area contributed by atoms with Crippen LogP contribution in [0.3, 0.4) is 0 Å². The molecule has 1 N–H and O–H groups in total. The van der Waals surface area contributed by atoms with Crippen molar-refractivity contribution in [3.63, 3.8) is 0 Å². The predicted molar refractivity (Wildman–Crippen MR) is 86.4 cm³/mol. The Bertz CT molecular complexity index is 650. The van der Waals surface area contributed by atoms with Gasteiger partial charge < -0.3 is 14.4 Å². The molecule has 6 nitrogen and oxygen atoms in total. The second-order valence-corrected chi connectivity index (χ2v) is 5.44. The predicted octanol–water partition coefficient (Wildman–Crippen LogP) is 2.23. The lowest BCUT2D eigenvalue weighted by Gasteiger charge is -2.20. The van der Waals surface area contributed by atoms with Gasteiger partial charge in [0.25, 0.3) is 0 Å². The molecule has 2 rings (SSSR count). The molecule has 0 atom stereocenters. The van der Waals surface area contributed by atoms with Gasteiger partial charge in [-0.2, -0.15) is 0 Å². The summed E-state index contributed by atoms with van der Waals surface area (Å²) in [5.74, 6) is 0.760. The van der Waals surface area contributed by atoms with Crippen molar-refractivity contribution in [3.8, 4) is 0 Å². The summed E-state index contributed by atoms with van der Waals surface area (Å²) < 4.78 is 5.42. The van der Waals surface area contributed by atoms with E-state index in [1.165, 1.54) is 12.2 Å². The van der Waals surface area contributed by atoms with E-state index in [0.717, 1.165) is 5.56 Å². The first-order valence-electron chi connectivity index (χ1n) is 7.55. The maximum Gasteiger partial charge on any atom is 0.247 e. The molecule has 0 radical (unpaired) electrons. The van der Waals surface area contributed by atoms with Crippen molar-refractivity contribution in [1.29, 1.82) is 0 Å². The molecule has 1 amide bonds. The zero-order valence-corrected chi connectivity index (χ0v) is 13.3. The largest absolute Gasteiger partial charge is 0.421 e. The third-order valence-electron chi connectivity index (χ3n) is 3.22. The van der Waals surface area contributed by atoms with Crippen LogP contribution in [0.4, 0.5) is 0 Å². The van der Waals surface area contributed by atoms with Gasteiger partial charge in [0.2, 0.25) is 17.7 Å². The van der Waals surface area contributed by atoms with E-state index in [0.29, 0.717) is 18.3 Å². The highest BCUT2D eigenvalue weighted by molar-refractivity contribution is 5.91. The van der Waals surface area contributed by atoms with Gasteiger partial charge in [-0.3, -0.25) is 4.79 Å². The first-order chi connectivity index (χ1) is 11.1. The summed E-state index contributed by atoms with van der Waals surface area (Å²) in [7, 11) is 0. The van der Waals surface area contributed by atoms with Gasteiger partial charge in [0.1, 0.15) is 0 Å². The molecule has 0 saturated carbocycles. The Kier molecular flexibility index (Phi) is 6.05. The van der Waals surface area contributed by atoms with Crippen molar-refractivity contribution in [1.82, 2.24) is 15.1 Å². The maximum atomic E-state index is 12.3. The standard InChI is InChI=1S/C17H21N3O3/c1-13(2)17-19-18-15(23-17)8-9-16(22)20(10-11-21)12-14-6-4-3-5-7-14/h3-9,13,21H,10-12H2,1-2H3/b9-8+. The van der Waals surface area contributed by atoms with Crippen molar-refractivity contribution in [2.24, 2.45) is 0 Å². The third kappa shape index (κ3) is 5.03. The lowest BCUT2D eigenvalue weighted by atomic mass is 10.2. The molecular weight excluding hydrogens is 294 g/mol. The lowest BCUT2D eigenvalue weighted by Crippen LogP contribution is -2.31. The fraction of sp³-hybridized carbons (Fsp3) is 0.353. The molecule has 0 unspecified atom stereocenters. The van der Waals surface area contributed by atoms with Crippen molar-refractivity contribution in [3.05, 3.63) is 53.8 Å². The van der Waals surface area contributed by atoms with Crippen LogP contribution in [0.5, 0.6) is 0 Å². The zero-order chi connectivity index (χ0) is 16.7. The number of carbonyl (C=O) groups excluding carboxylic acids is 1. The minimum atomic E-state index is -0.216. The summed E-state index contributed by atoms with van der Waals surface area (Å²) in [5.41, 5.74) is 1.00. The lowest BCUT2D eigenvalue weighted by molar-refractivity contribution is -0.127. The minimum Gasteiger partial charge on any atom is -0.421 e. The number of amides is 1. The van der Waals surface area contributed by atoms with Gasteiger partial charge in [-0.05, 0) is 5.56 Å². The van der Waals surface area contributed by atoms with Crippen LogP contribution in [0, 0.1) is 0 Å². The number of hydrogen-bond acceptors (Lipinski definition) is 5. The number of rotatable bonds is 7. The first kappa shape index (κ1) is 16.9. The second kappa shape index (κ2) is 8.24. The maximum absolute atomic E-state index is 12.3. The second-order valence-electron chi connectivity index (χ2n) is 5.44. The highest BCUT2D eigenvalue weighted by Gasteiger charge is 2.12. The molecule has 2 aromatic rings. The molecule has 0 aliphatic carbocycles. The van der Waals surface area contributed by atoms with E-state index in [-0.39, 0.29) is 25.0 Å². The van der Waals surface area contributed by atoms with Gasteiger partial charge in [-0.25, -0.2) is 0 Å². The minimum absolute atomic E-state index is 0.0928. The van der Waals surface area contributed by atoms with Gasteiger partial charge in [-0.15, -0.1) is 10.2 Å². The van der Waals surface area contributed by atoms with Crippen LogP contribution in [-0.2, 0) is 11.3 Å². The van der Waals surface area contributed by atoms with Gasteiger partial charge in [0.05, 0.1) is 6.61 Å². The van der Waals surface area contributed by atoms with Crippen LogP contribution in [0.1, 0.15) is 37.1 Å². The van der Waals surface area contributed by atoms with Crippen LogP contribution in [0.2, 0.25) is 0 Å². The molecule has 0 spiro atoms. The smallest absolute Gasteiger partial charge is 0.247 e. The van der Waals surface area contributed by atoms with Gasteiger partial charge in [-0.1, -0.05) is 44.2 Å². The molecule has 23 heavy (non-hydrogen) atoms. The number of hydrogen-bond donors (Lipinski definition) is 1. The SMILES string of the molecule is CC(C)c1nnc(/C=C/C(=O)N(CCO)Cc2ccccc2)o1. The molecule has 0 fully saturated rings. The molecule has 1 aromatic heterocycles. The van der Waals surface area contributed by atoms with E-state index in [4.69, 9.17) is 9.52 Å². The van der Waals surface area contributed by atoms with Crippen LogP contribution in [0.15, 0.2) is 40.8 Å². The fourth-order valence-corrected chi connectivity index (χ4v) is 1.99. The summed E-state index contributed by atoms with van der Waals surface area (Å²) in [5, 5.41) is 16.9. The number of benzene rings is 1. The number of carbonyl (C=O) groups is 1. The Morgan fingerprint density at radius 1 is 1.30 bits per heavy atom. The van der Waals surface area contributed by atoms with Gasteiger partial charge in [0.15, 0.2) is 0 Å². The molecule has 6 heteroatoms. The van der Waals surface area contributed by atoms with Crippen LogP contribution in [-0.4, -0.2) is 39.3 Å². The van der Waals surface area contributed by atoms with E-state index in [1.54, 1.807) is 4.90 Å². The fourth-order valence-electron chi connectivity index (χ4n) is 1.99. The highest BCUT2D eigenvalue weighted by Crippen LogP contribution is 2.13. The van der Waals surface area contributed by atoms with Crippen molar-refractivity contribution >= 4 is 12.0 Å². The number of aliphatic hydroxyl groups is 1. The summed E-state index contributed by atoms with van der Waals surface area (Å²) in [4.78, 5) is 13.9. The van der Waals surface area contributed by atoms with Gasteiger partial charge in [0, 0.05) is 31.2 Å². The Labute approximate surface area is 135 Å². The number of aliphatic hydroxyl groups excluding tert-OH is 1. The normalized spacial score (nSPS) is 11.3. The monoisotopic (exact) mass is 315 g/mol. The molecular formula is C17H21N3O3. The van der Waals surface area contributed by atoms with E-state index >= 15 is 0 Å². The number of aromatic nitrogens is 2. The molecule has 0 aliphatic rings. The Morgan fingerprint density at radius 3 is 2.65 bits per heavy atom. The summed E-state index contributed by atoms with van der Waals surface area (Å²) in [6, 6.07) is 9.63. The van der Waals surface area contributed by atoms with Crippen LogP contribution < -0.4 is 0 Å². The van der Waals surface area contributed by atoms with E-state index in [9.17, 15) is 4.79 Å². The summed E-state index contributed by atoms with van der Waals surface area (Å²) in [6.45, 7) is 4.51. The molecule has 0 aliphatic heterocycles. The average Bonchev–Trinajstić information content (AvgIpc) is 3.02. The zero-order valence-electron chi connectivity index (χ0n) is 13.3. The van der Waals surface area contributed by atoms with E-state index in [1.807, 2.05) is 44.2 Å². The third-order valence-corrected chi connectivity index (χ3v) is 3.22. The van der Waals surface area contributed by atoms with E-state index in [2.05, 4.69) is 10.2 Å². The average molecular weight is 315 g/mol. The van der Waals surface area contributed by atoms with E-state index < -0.39 is 0 Å². The van der Waals surface area contributed by atoms with Crippen molar-refractivity contribution in [2.45, 2.75) is 26.3 Å². The van der Waals surface area contributed by atoms with Crippen LogP contribution in [0.25, 0.3) is 6.08 Å². The number of nitrogens with zero attached hydrogens (tertiary/aromatic N) is 3. The molecule has 0 bridgehead atoms. The quantitative estimate of drug-likeness (QED) is 0.793. The Balaban J connectivity index is 2.03. The molecule has 1 heterocycles. The molecule has 0 saturated heterocycles. The Hall–Kier alpha value is -2.47. The molecule has 1 aromatic carbocycles. The highest BCUT2D eigenvalue weighted by atomic mass is 16.4. The summed E-state index contributed by atoms with van der Waals surface area (Å²) in [6.07, 6.45) is 2.88. The topological polar surface area (TPSA) is 79.5 Å². The Morgan fingerprint density at radius 2 is 2.04 bits per heavy atom. The van der Waals surface area contributed by atoms with Crippen molar-refractivity contribution in [2.75, 3.05) is 13.2 Å². The van der Waals surface area contributed by atoms with Crippen LogP contribution >= 0.6 is 0 Å². The summed E-state index contributed by atoms with van der Waals surface area (Å²) >= 11 is 0. The van der Waals surface area contributed by atoms with Crippen molar-refractivity contribution < 1.29 is 14.3 Å².